The van der Waals surface area contributed by atoms with Crippen molar-refractivity contribution in [1.82, 2.24) is 4.98 Å². The predicted octanol–water partition coefficient (Wildman–Crippen LogP) is 6.97. The molecule has 30 heavy (non-hydrogen) atoms. The van der Waals surface area contributed by atoms with Gasteiger partial charge in [-0.15, -0.1) is 0 Å². The molecule has 0 atom stereocenters. The number of nitrogens with zero attached hydrogens (tertiary/aromatic N) is 1. The molecule has 0 bridgehead atoms. The van der Waals surface area contributed by atoms with Crippen molar-refractivity contribution in [3.63, 3.8) is 0 Å². The maximum Gasteiger partial charge on any atom is 0.191 e. The SMILES string of the molecule is C=C(CCO[Si](C)(C)C(C)(C)C)c1ccnc(-c2ccc(OC)c(OCCC)c2)c1. The molecule has 0 aliphatic rings. The van der Waals surface area contributed by atoms with E-state index in [1.165, 1.54) is 0 Å². The van der Waals surface area contributed by atoms with Crippen LogP contribution in [-0.4, -0.2) is 33.6 Å². The van der Waals surface area contributed by atoms with E-state index in [2.05, 4.69) is 58.4 Å². The lowest BCUT2D eigenvalue weighted by Gasteiger charge is -2.36. The Balaban J connectivity index is 2.13. The van der Waals surface area contributed by atoms with E-state index in [1.54, 1.807) is 7.11 Å². The molecule has 0 unspecified atom stereocenters. The molecule has 0 saturated heterocycles. The van der Waals surface area contributed by atoms with Gasteiger partial charge in [0.1, 0.15) is 0 Å². The Morgan fingerprint density at radius 3 is 2.43 bits per heavy atom. The number of benzene rings is 1. The molecule has 0 radical (unpaired) electrons. The van der Waals surface area contributed by atoms with Crippen LogP contribution >= 0.6 is 0 Å². The summed E-state index contributed by atoms with van der Waals surface area (Å²) in [5, 5.41) is 0.212. The van der Waals surface area contributed by atoms with Crippen LogP contribution in [0.1, 0.15) is 46.1 Å². The Morgan fingerprint density at radius 1 is 1.07 bits per heavy atom. The van der Waals surface area contributed by atoms with Gasteiger partial charge in [0.05, 0.1) is 19.4 Å². The zero-order valence-corrected chi connectivity index (χ0v) is 20.7. The second-order valence-electron chi connectivity index (χ2n) is 9.11. The van der Waals surface area contributed by atoms with E-state index in [1.807, 2.05) is 30.5 Å². The molecule has 2 rings (SSSR count). The van der Waals surface area contributed by atoms with Gasteiger partial charge in [-0.25, -0.2) is 0 Å². The highest BCUT2D eigenvalue weighted by Gasteiger charge is 2.36. The summed E-state index contributed by atoms with van der Waals surface area (Å²) in [6, 6.07) is 10.0. The molecule has 5 heteroatoms. The summed E-state index contributed by atoms with van der Waals surface area (Å²) in [7, 11) is -0.0867. The number of methoxy groups -OCH3 is 1. The Labute approximate surface area is 183 Å². The van der Waals surface area contributed by atoms with Gasteiger partial charge in [-0.1, -0.05) is 34.3 Å². The molecular formula is C25H37NO3Si. The molecule has 0 fully saturated rings. The molecule has 0 N–H and O–H groups in total. The van der Waals surface area contributed by atoms with Gasteiger partial charge in [0.2, 0.25) is 0 Å². The first-order chi connectivity index (χ1) is 14.1. The van der Waals surface area contributed by atoms with Gasteiger partial charge in [-0.2, -0.15) is 0 Å². The second kappa shape index (κ2) is 10.3. The highest BCUT2D eigenvalue weighted by molar-refractivity contribution is 6.74. The second-order valence-corrected chi connectivity index (χ2v) is 13.9. The van der Waals surface area contributed by atoms with Crippen LogP contribution in [0.3, 0.4) is 0 Å². The normalized spacial score (nSPS) is 12.0. The first-order valence-electron chi connectivity index (χ1n) is 10.7. The maximum atomic E-state index is 6.31. The minimum absolute atomic E-state index is 0.212. The van der Waals surface area contributed by atoms with Crippen LogP contribution in [0.2, 0.25) is 18.1 Å². The van der Waals surface area contributed by atoms with Crippen LogP contribution in [0.4, 0.5) is 0 Å². The molecule has 0 spiro atoms. The molecule has 1 heterocycles. The fourth-order valence-electron chi connectivity index (χ4n) is 2.76. The van der Waals surface area contributed by atoms with E-state index < -0.39 is 8.32 Å². The van der Waals surface area contributed by atoms with E-state index in [0.717, 1.165) is 46.7 Å². The average molecular weight is 428 g/mol. The third-order valence-corrected chi connectivity index (χ3v) is 10.3. The highest BCUT2D eigenvalue weighted by Crippen LogP contribution is 2.37. The van der Waals surface area contributed by atoms with Crippen LogP contribution in [0.25, 0.3) is 16.8 Å². The fraction of sp³-hybridized carbons (Fsp3) is 0.480. The number of pyridine rings is 1. The zero-order chi connectivity index (χ0) is 22.4. The molecule has 2 aromatic rings. The summed E-state index contributed by atoms with van der Waals surface area (Å²) in [5.41, 5.74) is 4.04. The number of ether oxygens (including phenoxy) is 2. The smallest absolute Gasteiger partial charge is 0.191 e. The summed E-state index contributed by atoms with van der Waals surface area (Å²) in [6.07, 6.45) is 3.59. The van der Waals surface area contributed by atoms with Gasteiger partial charge in [0, 0.05) is 18.4 Å². The Hall–Kier alpha value is -2.11. The number of hydrogen-bond acceptors (Lipinski definition) is 4. The minimum atomic E-state index is -1.74. The Bertz CT molecular complexity index is 856. The first-order valence-corrected chi connectivity index (χ1v) is 13.6. The van der Waals surface area contributed by atoms with Crippen molar-refractivity contribution >= 4 is 13.9 Å². The number of rotatable bonds is 10. The summed E-state index contributed by atoms with van der Waals surface area (Å²) in [4.78, 5) is 4.56. The van der Waals surface area contributed by atoms with Gasteiger partial charge in [0.15, 0.2) is 19.8 Å². The van der Waals surface area contributed by atoms with Crippen molar-refractivity contribution in [2.75, 3.05) is 20.3 Å². The van der Waals surface area contributed by atoms with Crippen LogP contribution in [-0.2, 0) is 4.43 Å². The molecule has 0 amide bonds. The van der Waals surface area contributed by atoms with Gasteiger partial charge in [0.25, 0.3) is 0 Å². The third-order valence-electron chi connectivity index (χ3n) is 5.76. The minimum Gasteiger partial charge on any atom is -0.493 e. The van der Waals surface area contributed by atoms with Crippen molar-refractivity contribution in [3.8, 4) is 22.8 Å². The molecule has 0 aliphatic heterocycles. The van der Waals surface area contributed by atoms with Crippen LogP contribution < -0.4 is 9.47 Å². The van der Waals surface area contributed by atoms with Crippen LogP contribution in [0, 0.1) is 0 Å². The summed E-state index contributed by atoms with van der Waals surface area (Å²) < 4.78 is 17.6. The van der Waals surface area contributed by atoms with E-state index in [4.69, 9.17) is 13.9 Å². The summed E-state index contributed by atoms with van der Waals surface area (Å²) >= 11 is 0. The van der Waals surface area contributed by atoms with E-state index in [9.17, 15) is 0 Å². The van der Waals surface area contributed by atoms with Crippen LogP contribution in [0.15, 0.2) is 43.1 Å². The van der Waals surface area contributed by atoms with Gasteiger partial charge in [-0.05, 0) is 72.4 Å². The zero-order valence-electron chi connectivity index (χ0n) is 19.7. The predicted molar refractivity (Wildman–Crippen MR) is 129 cm³/mol. The van der Waals surface area contributed by atoms with Gasteiger partial charge < -0.3 is 13.9 Å². The molecule has 1 aromatic heterocycles. The van der Waals surface area contributed by atoms with Crippen molar-refractivity contribution in [1.29, 1.82) is 0 Å². The molecule has 0 saturated carbocycles. The van der Waals surface area contributed by atoms with Gasteiger partial charge >= 0.3 is 0 Å². The Morgan fingerprint density at radius 2 is 1.80 bits per heavy atom. The number of hydrogen-bond donors (Lipinski definition) is 0. The molecule has 0 aliphatic carbocycles. The Kier molecular flexibility index (Phi) is 8.27. The quantitative estimate of drug-likeness (QED) is 0.384. The topological polar surface area (TPSA) is 40.6 Å². The van der Waals surface area contributed by atoms with Crippen molar-refractivity contribution in [3.05, 3.63) is 48.7 Å². The molecule has 164 valence electrons. The molecule has 1 aromatic carbocycles. The van der Waals surface area contributed by atoms with Gasteiger partial charge in [-0.3, -0.25) is 4.98 Å². The van der Waals surface area contributed by atoms with E-state index in [-0.39, 0.29) is 5.04 Å². The fourth-order valence-corrected chi connectivity index (χ4v) is 3.80. The third kappa shape index (κ3) is 6.19. The first kappa shape index (κ1) is 24.2. The lowest BCUT2D eigenvalue weighted by atomic mass is 10.0. The van der Waals surface area contributed by atoms with E-state index in [0.29, 0.717) is 13.2 Å². The van der Waals surface area contributed by atoms with Crippen molar-refractivity contribution < 1.29 is 13.9 Å². The van der Waals surface area contributed by atoms with Crippen LogP contribution in [0.5, 0.6) is 11.5 Å². The highest BCUT2D eigenvalue weighted by atomic mass is 28.4. The van der Waals surface area contributed by atoms with E-state index >= 15 is 0 Å². The largest absolute Gasteiger partial charge is 0.493 e. The number of aromatic nitrogens is 1. The van der Waals surface area contributed by atoms with Crippen molar-refractivity contribution in [2.45, 2.75) is 58.7 Å². The summed E-state index contributed by atoms with van der Waals surface area (Å²) in [5.74, 6) is 1.47. The lowest BCUT2D eigenvalue weighted by molar-refractivity contribution is 0.294. The molecule has 4 nitrogen and oxygen atoms in total. The summed E-state index contributed by atoms with van der Waals surface area (Å²) in [6.45, 7) is 19.1. The maximum absolute atomic E-state index is 6.31. The molecular weight excluding hydrogens is 390 g/mol. The van der Waals surface area contributed by atoms with Crippen molar-refractivity contribution in [2.24, 2.45) is 0 Å². The lowest BCUT2D eigenvalue weighted by Crippen LogP contribution is -2.40. The standard InChI is InChI=1S/C25H37NO3Si/c1-9-15-28-24-18-21(10-11-23(24)27-6)22-17-20(12-14-26-22)19(2)13-16-29-30(7,8)25(3,4)5/h10-12,14,17-18H,2,9,13,15-16H2,1,3-8H3. The average Bonchev–Trinajstić information content (AvgIpc) is 2.71. The monoisotopic (exact) mass is 427 g/mol.